The lowest BCUT2D eigenvalue weighted by Gasteiger charge is -2.06. The first-order valence-electron chi connectivity index (χ1n) is 8.60. The van der Waals surface area contributed by atoms with Crippen molar-refractivity contribution >= 4 is 17.9 Å². The van der Waals surface area contributed by atoms with E-state index in [4.69, 9.17) is 4.42 Å². The summed E-state index contributed by atoms with van der Waals surface area (Å²) in [7, 11) is 0. The maximum Gasteiger partial charge on any atom is 0.269 e. The molecule has 0 atom stereocenters. The summed E-state index contributed by atoms with van der Waals surface area (Å²) in [4.78, 5) is 23.7. The van der Waals surface area contributed by atoms with Crippen LogP contribution in [0.4, 0.5) is 0 Å². The van der Waals surface area contributed by atoms with Crippen LogP contribution >= 0.6 is 0 Å². The summed E-state index contributed by atoms with van der Waals surface area (Å²) in [6.07, 6.45) is 10.2. The molecule has 2 rings (SSSR count). The van der Waals surface area contributed by atoms with E-state index < -0.39 is 5.91 Å². The Labute approximate surface area is 148 Å². The van der Waals surface area contributed by atoms with E-state index in [9.17, 15) is 9.59 Å². The number of hydrogen-bond donors (Lipinski definition) is 2. The zero-order valence-electron chi connectivity index (χ0n) is 14.5. The van der Waals surface area contributed by atoms with Gasteiger partial charge in [-0.25, -0.2) is 0 Å². The third kappa shape index (κ3) is 6.67. The van der Waals surface area contributed by atoms with Crippen LogP contribution in [0.3, 0.4) is 0 Å². The third-order valence-electron chi connectivity index (χ3n) is 3.78. The van der Waals surface area contributed by atoms with Crippen molar-refractivity contribution < 1.29 is 14.0 Å². The van der Waals surface area contributed by atoms with E-state index in [0.717, 1.165) is 12.8 Å². The molecule has 5 nitrogen and oxygen atoms in total. The smallest absolute Gasteiger partial charge is 0.269 e. The van der Waals surface area contributed by atoms with Gasteiger partial charge in [0.1, 0.15) is 5.76 Å². The number of hydrogen-bond acceptors (Lipinski definition) is 3. The predicted octanol–water partition coefficient (Wildman–Crippen LogP) is 3.88. The molecule has 2 N–H and O–H groups in total. The van der Waals surface area contributed by atoms with Crippen LogP contribution in [-0.4, -0.2) is 11.8 Å². The van der Waals surface area contributed by atoms with Gasteiger partial charge in [0.25, 0.3) is 11.8 Å². The van der Waals surface area contributed by atoms with Gasteiger partial charge < -0.3 is 4.42 Å². The Morgan fingerprint density at radius 1 is 1.04 bits per heavy atom. The Morgan fingerprint density at radius 2 is 1.84 bits per heavy atom. The van der Waals surface area contributed by atoms with Gasteiger partial charge in [0.05, 0.1) is 6.26 Å². The number of unbranched alkanes of at least 4 members (excludes halogenated alkanes) is 3. The zero-order valence-corrected chi connectivity index (χ0v) is 14.5. The monoisotopic (exact) mass is 340 g/mol. The van der Waals surface area contributed by atoms with Crippen LogP contribution in [0.1, 0.15) is 54.3 Å². The second-order valence-corrected chi connectivity index (χ2v) is 5.80. The van der Waals surface area contributed by atoms with E-state index in [-0.39, 0.29) is 5.91 Å². The van der Waals surface area contributed by atoms with Crippen molar-refractivity contribution in [2.75, 3.05) is 0 Å². The molecule has 1 aromatic carbocycles. The minimum Gasteiger partial charge on any atom is -0.465 e. The first kappa shape index (κ1) is 18.5. The summed E-state index contributed by atoms with van der Waals surface area (Å²) in [5.41, 5.74) is 6.45. The van der Waals surface area contributed by atoms with Gasteiger partial charge in [-0.05, 0) is 48.7 Å². The van der Waals surface area contributed by atoms with Gasteiger partial charge >= 0.3 is 0 Å². The first-order valence-corrected chi connectivity index (χ1v) is 8.60. The van der Waals surface area contributed by atoms with E-state index >= 15 is 0 Å². The molecule has 0 aliphatic heterocycles. The quantitative estimate of drug-likeness (QED) is 0.435. The molecule has 2 aromatic rings. The third-order valence-corrected chi connectivity index (χ3v) is 3.78. The second-order valence-electron chi connectivity index (χ2n) is 5.80. The second kappa shape index (κ2) is 10.1. The van der Waals surface area contributed by atoms with Gasteiger partial charge in [0, 0.05) is 11.6 Å². The van der Waals surface area contributed by atoms with E-state index in [1.54, 1.807) is 24.3 Å². The molecule has 0 radical (unpaired) electrons. The molecule has 0 spiro atoms. The number of carbonyl (C=O) groups is 2. The van der Waals surface area contributed by atoms with Crippen LogP contribution in [0.5, 0.6) is 0 Å². The maximum atomic E-state index is 12.0. The van der Waals surface area contributed by atoms with E-state index in [1.807, 2.05) is 12.1 Å². The minimum absolute atomic E-state index is 0.350. The predicted molar refractivity (Wildman–Crippen MR) is 97.6 cm³/mol. The maximum absolute atomic E-state index is 12.0. The fourth-order valence-corrected chi connectivity index (χ4v) is 2.35. The molecular weight excluding hydrogens is 316 g/mol. The summed E-state index contributed by atoms with van der Waals surface area (Å²) >= 11 is 0. The van der Waals surface area contributed by atoms with Crippen molar-refractivity contribution in [1.29, 1.82) is 0 Å². The number of rotatable bonds is 8. The summed E-state index contributed by atoms with van der Waals surface area (Å²) in [6.45, 7) is 2.19. The van der Waals surface area contributed by atoms with Gasteiger partial charge in [0.2, 0.25) is 0 Å². The Balaban J connectivity index is 1.75. The number of amides is 2. The fraction of sp³-hybridized carbons (Fsp3) is 0.300. The molecule has 0 unspecified atom stereocenters. The molecule has 0 aliphatic carbocycles. The highest BCUT2D eigenvalue weighted by atomic mass is 16.3. The Morgan fingerprint density at radius 3 is 2.52 bits per heavy atom. The van der Waals surface area contributed by atoms with Crippen LogP contribution in [0.25, 0.3) is 6.08 Å². The van der Waals surface area contributed by atoms with E-state index in [0.29, 0.717) is 11.3 Å². The molecule has 1 aromatic heterocycles. The topological polar surface area (TPSA) is 71.3 Å². The first-order chi connectivity index (χ1) is 12.2. The van der Waals surface area contributed by atoms with E-state index in [1.165, 1.54) is 43.2 Å². The minimum atomic E-state index is -0.433. The molecule has 0 bridgehead atoms. The standard InChI is InChI=1S/C20H24N2O3/c1-2-3-4-5-7-16-9-11-17(12-10-16)20(24)22-21-19(23)14-13-18-8-6-15-25-18/h6,8-15H,2-5,7H2,1H3,(H,21,23)(H,22,24)/b14-13+. The SMILES string of the molecule is CCCCCCc1ccc(C(=O)NNC(=O)/C=C/c2ccco2)cc1. The lowest BCUT2D eigenvalue weighted by atomic mass is 10.0. The van der Waals surface area contributed by atoms with Gasteiger partial charge in [-0.15, -0.1) is 0 Å². The Bertz CT molecular complexity index is 688. The number of nitrogens with one attached hydrogen (secondary N) is 2. The molecule has 1 heterocycles. The average molecular weight is 340 g/mol. The lowest BCUT2D eigenvalue weighted by molar-refractivity contribution is -0.117. The highest BCUT2D eigenvalue weighted by molar-refractivity contribution is 5.97. The molecule has 0 saturated heterocycles. The Hall–Kier alpha value is -2.82. The molecule has 2 amide bonds. The number of carbonyl (C=O) groups excluding carboxylic acids is 2. The van der Waals surface area contributed by atoms with Crippen molar-refractivity contribution in [2.24, 2.45) is 0 Å². The lowest BCUT2D eigenvalue weighted by Crippen LogP contribution is -2.40. The van der Waals surface area contributed by atoms with Crippen LogP contribution in [0, 0.1) is 0 Å². The molecule has 0 aliphatic rings. The van der Waals surface area contributed by atoms with Gasteiger partial charge in [-0.2, -0.15) is 0 Å². The number of hydrazine groups is 1. The molecule has 5 heteroatoms. The Kier molecular flexibility index (Phi) is 7.50. The molecule has 132 valence electrons. The number of aryl methyl sites for hydroxylation is 1. The van der Waals surface area contributed by atoms with Gasteiger partial charge in [0.15, 0.2) is 0 Å². The molecular formula is C20H24N2O3. The van der Waals surface area contributed by atoms with Gasteiger partial charge in [-0.3, -0.25) is 20.4 Å². The highest BCUT2D eigenvalue weighted by Gasteiger charge is 2.06. The molecule has 0 fully saturated rings. The fourth-order valence-electron chi connectivity index (χ4n) is 2.35. The van der Waals surface area contributed by atoms with Crippen molar-refractivity contribution in [3.05, 3.63) is 65.6 Å². The molecule has 25 heavy (non-hydrogen) atoms. The summed E-state index contributed by atoms with van der Waals surface area (Å²) in [5, 5.41) is 0. The summed E-state index contributed by atoms with van der Waals surface area (Å²) < 4.78 is 5.08. The van der Waals surface area contributed by atoms with Crippen molar-refractivity contribution in [1.82, 2.24) is 10.9 Å². The van der Waals surface area contributed by atoms with Crippen molar-refractivity contribution in [3.63, 3.8) is 0 Å². The van der Waals surface area contributed by atoms with Gasteiger partial charge in [-0.1, -0.05) is 38.3 Å². The zero-order chi connectivity index (χ0) is 17.9. The van der Waals surface area contributed by atoms with Crippen LogP contribution in [0.15, 0.2) is 53.2 Å². The number of furan rings is 1. The van der Waals surface area contributed by atoms with Crippen LogP contribution < -0.4 is 10.9 Å². The van der Waals surface area contributed by atoms with Crippen LogP contribution in [-0.2, 0) is 11.2 Å². The summed E-state index contributed by atoms with van der Waals surface area (Å²) in [5.74, 6) is -0.217. The number of benzene rings is 1. The highest BCUT2D eigenvalue weighted by Crippen LogP contribution is 2.09. The van der Waals surface area contributed by atoms with Crippen molar-refractivity contribution in [3.8, 4) is 0 Å². The van der Waals surface area contributed by atoms with Crippen molar-refractivity contribution in [2.45, 2.75) is 39.0 Å². The largest absolute Gasteiger partial charge is 0.465 e. The van der Waals surface area contributed by atoms with E-state index in [2.05, 4.69) is 17.8 Å². The van der Waals surface area contributed by atoms with Crippen LogP contribution in [0.2, 0.25) is 0 Å². The average Bonchev–Trinajstić information content (AvgIpc) is 3.15. The summed E-state index contributed by atoms with van der Waals surface area (Å²) in [6, 6.07) is 10.9. The normalized spacial score (nSPS) is 10.8. The molecule has 0 saturated carbocycles.